The highest BCUT2D eigenvalue weighted by Gasteiger charge is 2.38. The monoisotopic (exact) mass is 202 g/mol. The van der Waals surface area contributed by atoms with Gasteiger partial charge >= 0.3 is 5.97 Å². The molecule has 0 aromatic carbocycles. The van der Waals surface area contributed by atoms with Gasteiger partial charge in [0.15, 0.2) is 0 Å². The number of aliphatic hydroxyl groups excluding tert-OH is 1. The van der Waals surface area contributed by atoms with Crippen LogP contribution < -0.4 is 10.6 Å². The van der Waals surface area contributed by atoms with Gasteiger partial charge in [-0.3, -0.25) is 4.79 Å². The first-order valence-electron chi connectivity index (χ1n) is 4.90. The van der Waals surface area contributed by atoms with E-state index in [4.69, 9.17) is 10.2 Å². The molecule has 0 aromatic rings. The average molecular weight is 202 g/mol. The first-order chi connectivity index (χ1) is 6.54. The molecule has 0 amide bonds. The van der Waals surface area contributed by atoms with Gasteiger partial charge in [0.25, 0.3) is 0 Å². The van der Waals surface area contributed by atoms with Crippen LogP contribution >= 0.6 is 0 Å². The summed E-state index contributed by atoms with van der Waals surface area (Å²) in [5.74, 6) is -0.781. The fourth-order valence-electron chi connectivity index (χ4n) is 1.57. The minimum absolute atomic E-state index is 0.139. The lowest BCUT2D eigenvalue weighted by Crippen LogP contribution is -2.68. The van der Waals surface area contributed by atoms with Gasteiger partial charge < -0.3 is 20.8 Å². The van der Waals surface area contributed by atoms with Gasteiger partial charge in [0.1, 0.15) is 0 Å². The molecule has 1 atom stereocenters. The van der Waals surface area contributed by atoms with Crippen LogP contribution in [0.3, 0.4) is 0 Å². The molecule has 1 heterocycles. The zero-order chi connectivity index (χ0) is 10.6. The van der Waals surface area contributed by atoms with E-state index in [9.17, 15) is 4.79 Å². The molecule has 0 aromatic heterocycles. The molecule has 1 rings (SSSR count). The van der Waals surface area contributed by atoms with Crippen LogP contribution in [0.25, 0.3) is 0 Å². The Bertz CT molecular complexity index is 202. The SMILES string of the molecule is CC(O)CCNC1(CC(=O)O)CNC1. The molecule has 5 nitrogen and oxygen atoms in total. The summed E-state index contributed by atoms with van der Waals surface area (Å²) in [5, 5.41) is 24.0. The molecule has 14 heavy (non-hydrogen) atoms. The summed E-state index contributed by atoms with van der Waals surface area (Å²) in [6.45, 7) is 3.77. The van der Waals surface area contributed by atoms with Crippen LogP contribution in [-0.4, -0.2) is 47.5 Å². The van der Waals surface area contributed by atoms with Crippen molar-refractivity contribution < 1.29 is 15.0 Å². The number of carbonyl (C=O) groups is 1. The quantitative estimate of drug-likeness (QED) is 0.452. The van der Waals surface area contributed by atoms with Crippen molar-refractivity contribution in [2.75, 3.05) is 19.6 Å². The summed E-state index contributed by atoms with van der Waals surface area (Å²) >= 11 is 0. The molecule has 4 N–H and O–H groups in total. The van der Waals surface area contributed by atoms with Crippen LogP contribution in [0.2, 0.25) is 0 Å². The number of carboxylic acids is 1. The van der Waals surface area contributed by atoms with Gasteiger partial charge in [0, 0.05) is 13.1 Å². The lowest BCUT2D eigenvalue weighted by atomic mass is 9.88. The summed E-state index contributed by atoms with van der Waals surface area (Å²) in [4.78, 5) is 10.6. The van der Waals surface area contributed by atoms with Gasteiger partial charge in [-0.2, -0.15) is 0 Å². The van der Waals surface area contributed by atoms with Crippen molar-refractivity contribution in [3.05, 3.63) is 0 Å². The van der Waals surface area contributed by atoms with Gasteiger partial charge in [-0.25, -0.2) is 0 Å². The molecular formula is C9H18N2O3. The van der Waals surface area contributed by atoms with E-state index in [1.54, 1.807) is 6.92 Å². The molecule has 0 spiro atoms. The van der Waals surface area contributed by atoms with Crippen molar-refractivity contribution in [3.8, 4) is 0 Å². The van der Waals surface area contributed by atoms with Crippen molar-refractivity contribution in [1.82, 2.24) is 10.6 Å². The first kappa shape index (κ1) is 11.4. The highest BCUT2D eigenvalue weighted by molar-refractivity contribution is 5.68. The molecule has 0 aliphatic carbocycles. The second-order valence-corrected chi connectivity index (χ2v) is 4.02. The molecule has 1 unspecified atom stereocenters. The highest BCUT2D eigenvalue weighted by atomic mass is 16.4. The Morgan fingerprint density at radius 3 is 2.64 bits per heavy atom. The van der Waals surface area contributed by atoms with Crippen LogP contribution in [0.15, 0.2) is 0 Å². The maximum Gasteiger partial charge on any atom is 0.305 e. The van der Waals surface area contributed by atoms with E-state index in [-0.39, 0.29) is 18.1 Å². The zero-order valence-corrected chi connectivity index (χ0v) is 8.42. The number of aliphatic carboxylic acids is 1. The Balaban J connectivity index is 2.27. The van der Waals surface area contributed by atoms with Crippen molar-refractivity contribution in [2.24, 2.45) is 0 Å². The van der Waals surface area contributed by atoms with Crippen LogP contribution in [0.1, 0.15) is 19.8 Å². The van der Waals surface area contributed by atoms with E-state index in [1.807, 2.05) is 0 Å². The Labute approximate surface area is 83.5 Å². The fraction of sp³-hybridized carbons (Fsp3) is 0.889. The minimum Gasteiger partial charge on any atom is -0.481 e. The summed E-state index contributed by atoms with van der Waals surface area (Å²) in [7, 11) is 0. The minimum atomic E-state index is -0.781. The Morgan fingerprint density at radius 1 is 1.64 bits per heavy atom. The van der Waals surface area contributed by atoms with Crippen LogP contribution in [0.5, 0.6) is 0 Å². The molecule has 1 aliphatic heterocycles. The number of hydrogen-bond acceptors (Lipinski definition) is 4. The molecule has 0 saturated carbocycles. The van der Waals surface area contributed by atoms with Gasteiger partial charge in [-0.05, 0) is 19.9 Å². The van der Waals surface area contributed by atoms with Gasteiger partial charge in [-0.1, -0.05) is 0 Å². The highest BCUT2D eigenvalue weighted by Crippen LogP contribution is 2.15. The van der Waals surface area contributed by atoms with Gasteiger partial charge in [0.05, 0.1) is 18.1 Å². The predicted octanol–water partition coefficient (Wildman–Crippen LogP) is -0.836. The molecule has 1 fully saturated rings. The molecule has 5 heteroatoms. The zero-order valence-electron chi connectivity index (χ0n) is 8.42. The maximum atomic E-state index is 10.6. The van der Waals surface area contributed by atoms with E-state index in [0.29, 0.717) is 26.1 Å². The molecule has 1 aliphatic rings. The van der Waals surface area contributed by atoms with Crippen molar-refractivity contribution >= 4 is 5.97 Å². The number of aliphatic hydroxyl groups is 1. The maximum absolute atomic E-state index is 10.6. The van der Waals surface area contributed by atoms with E-state index in [1.165, 1.54) is 0 Å². The van der Waals surface area contributed by atoms with Crippen LogP contribution in [0, 0.1) is 0 Å². The summed E-state index contributed by atoms with van der Waals surface area (Å²) in [6, 6.07) is 0. The van der Waals surface area contributed by atoms with E-state index < -0.39 is 5.97 Å². The predicted molar refractivity (Wildman–Crippen MR) is 52.2 cm³/mol. The summed E-state index contributed by atoms with van der Waals surface area (Å²) in [5.41, 5.74) is -0.291. The summed E-state index contributed by atoms with van der Waals surface area (Å²) in [6.07, 6.45) is 0.457. The molecule has 0 radical (unpaired) electrons. The van der Waals surface area contributed by atoms with Gasteiger partial charge in [0.2, 0.25) is 0 Å². The molecule has 82 valence electrons. The molecule has 1 saturated heterocycles. The normalized spacial score (nSPS) is 21.3. The number of rotatable bonds is 6. The number of nitrogens with one attached hydrogen (secondary N) is 2. The average Bonchev–Trinajstić information content (AvgIpc) is 1.98. The van der Waals surface area contributed by atoms with E-state index in [2.05, 4.69) is 10.6 Å². The number of carboxylic acid groups (broad SMARTS) is 1. The van der Waals surface area contributed by atoms with Crippen molar-refractivity contribution in [3.63, 3.8) is 0 Å². The van der Waals surface area contributed by atoms with Crippen LogP contribution in [0.4, 0.5) is 0 Å². The Kier molecular flexibility index (Phi) is 3.86. The Hall–Kier alpha value is -0.650. The third kappa shape index (κ3) is 3.25. The van der Waals surface area contributed by atoms with Crippen LogP contribution in [-0.2, 0) is 4.79 Å². The van der Waals surface area contributed by atoms with E-state index >= 15 is 0 Å². The van der Waals surface area contributed by atoms with E-state index in [0.717, 1.165) is 0 Å². The third-order valence-electron chi connectivity index (χ3n) is 2.48. The largest absolute Gasteiger partial charge is 0.481 e. The van der Waals surface area contributed by atoms with Gasteiger partial charge in [-0.15, -0.1) is 0 Å². The first-order valence-corrected chi connectivity index (χ1v) is 4.90. The second-order valence-electron chi connectivity index (χ2n) is 4.02. The smallest absolute Gasteiger partial charge is 0.305 e. The topological polar surface area (TPSA) is 81.6 Å². The standard InChI is InChI=1S/C9H18N2O3/c1-7(12)2-3-11-9(4-8(13)14)5-10-6-9/h7,10-12H,2-6H2,1H3,(H,13,14). The van der Waals surface area contributed by atoms with Crippen molar-refractivity contribution in [2.45, 2.75) is 31.4 Å². The Morgan fingerprint density at radius 2 is 2.29 bits per heavy atom. The van der Waals surface area contributed by atoms with Crippen molar-refractivity contribution in [1.29, 1.82) is 0 Å². The fourth-order valence-corrected chi connectivity index (χ4v) is 1.57. The second kappa shape index (κ2) is 4.72. The molecule has 0 bridgehead atoms. The summed E-state index contributed by atoms with van der Waals surface area (Å²) < 4.78 is 0. The lowest BCUT2D eigenvalue weighted by molar-refractivity contribution is -0.139. The number of hydrogen-bond donors (Lipinski definition) is 4. The molecular weight excluding hydrogens is 184 g/mol. The lowest BCUT2D eigenvalue weighted by Gasteiger charge is -2.42. The third-order valence-corrected chi connectivity index (χ3v) is 2.48.